The van der Waals surface area contributed by atoms with Crippen LogP contribution in [0.1, 0.15) is 24.0 Å². The van der Waals surface area contributed by atoms with Crippen molar-refractivity contribution in [1.29, 1.82) is 0 Å². The largest absolute Gasteiger partial charge is 0.338 e. The van der Waals surface area contributed by atoms with Crippen LogP contribution in [0.5, 0.6) is 0 Å². The highest BCUT2D eigenvalue weighted by Crippen LogP contribution is 2.36. The number of amides is 1. The molecule has 1 amide bonds. The molecule has 0 saturated carbocycles. The highest BCUT2D eigenvalue weighted by molar-refractivity contribution is 7.99. The van der Waals surface area contributed by atoms with Gasteiger partial charge in [0.15, 0.2) is 5.16 Å². The van der Waals surface area contributed by atoms with Crippen LogP contribution in [0, 0.1) is 0 Å². The quantitative estimate of drug-likeness (QED) is 0.0761. The fourth-order valence-corrected chi connectivity index (χ4v) is 6.03. The Balaban J connectivity index is 1.29. The van der Waals surface area contributed by atoms with Gasteiger partial charge in [0.05, 0.1) is 11.4 Å². The van der Waals surface area contributed by atoms with Gasteiger partial charge in [-0.3, -0.25) is 4.79 Å². The summed E-state index contributed by atoms with van der Waals surface area (Å²) in [4.78, 5) is 20.6. The molecule has 0 aliphatic carbocycles. The molecule has 5 rings (SSSR count). The predicted octanol–water partition coefficient (Wildman–Crippen LogP) is 8.55. The standard InChI is InChI=1S/C37H37N3OS/c1-2-26-40-36(33-22-13-6-14-23-33)35(32-20-11-5-12-21-32)38-37(40)42-28-15-24-34(41)39(29-31-18-9-4-10-19-31)27-25-30-16-7-3-8-17-30/h2-14,16-23H,1,15,24-29H2. The number of aromatic nitrogens is 2. The molecular weight excluding hydrogens is 534 g/mol. The molecule has 1 aromatic heterocycles. The lowest BCUT2D eigenvalue weighted by molar-refractivity contribution is -0.131. The topological polar surface area (TPSA) is 38.1 Å². The van der Waals surface area contributed by atoms with E-state index < -0.39 is 0 Å². The van der Waals surface area contributed by atoms with Crippen molar-refractivity contribution in [3.8, 4) is 22.5 Å². The summed E-state index contributed by atoms with van der Waals surface area (Å²) in [5.74, 6) is 1.00. The van der Waals surface area contributed by atoms with Crippen LogP contribution in [0.4, 0.5) is 0 Å². The third-order valence-electron chi connectivity index (χ3n) is 7.19. The molecule has 5 heteroatoms. The molecule has 0 saturated heterocycles. The van der Waals surface area contributed by atoms with Crippen molar-refractivity contribution in [2.75, 3.05) is 12.3 Å². The normalized spacial score (nSPS) is 10.9. The lowest BCUT2D eigenvalue weighted by atomic mass is 10.0. The second-order valence-electron chi connectivity index (χ2n) is 10.2. The molecule has 1 heterocycles. The van der Waals surface area contributed by atoms with Gasteiger partial charge < -0.3 is 9.47 Å². The average Bonchev–Trinajstić information content (AvgIpc) is 3.41. The van der Waals surface area contributed by atoms with E-state index in [9.17, 15) is 4.79 Å². The molecule has 0 bridgehead atoms. The molecule has 0 N–H and O–H groups in total. The molecule has 4 nitrogen and oxygen atoms in total. The van der Waals surface area contributed by atoms with Crippen molar-refractivity contribution in [3.05, 3.63) is 145 Å². The maximum Gasteiger partial charge on any atom is 0.222 e. The first-order valence-corrected chi connectivity index (χ1v) is 15.5. The second kappa shape index (κ2) is 15.0. The monoisotopic (exact) mass is 571 g/mol. The van der Waals surface area contributed by atoms with Crippen molar-refractivity contribution >= 4 is 17.7 Å². The van der Waals surface area contributed by atoms with Crippen LogP contribution in [-0.4, -0.2) is 32.7 Å². The molecule has 0 atom stereocenters. The van der Waals surface area contributed by atoms with Crippen molar-refractivity contribution in [2.24, 2.45) is 0 Å². The molecule has 0 spiro atoms. The lowest BCUT2D eigenvalue weighted by Crippen LogP contribution is -2.32. The number of allylic oxidation sites excluding steroid dienone is 1. The minimum absolute atomic E-state index is 0.194. The summed E-state index contributed by atoms with van der Waals surface area (Å²) in [6.07, 6.45) is 4.05. The molecule has 0 radical (unpaired) electrons. The SMILES string of the molecule is C=CCn1c(SCCCC(=O)N(CCc2ccccc2)Cc2ccccc2)nc(-c2ccccc2)c1-c1ccccc1. The third kappa shape index (κ3) is 7.68. The van der Waals surface area contributed by atoms with E-state index in [1.54, 1.807) is 11.8 Å². The Morgan fingerprint density at radius 3 is 1.98 bits per heavy atom. The van der Waals surface area contributed by atoms with Gasteiger partial charge in [-0.15, -0.1) is 6.58 Å². The van der Waals surface area contributed by atoms with Gasteiger partial charge in [-0.2, -0.15) is 0 Å². The Labute approximate surface area is 253 Å². The number of benzene rings is 4. The summed E-state index contributed by atoms with van der Waals surface area (Å²) in [6, 6.07) is 41.4. The van der Waals surface area contributed by atoms with Gasteiger partial charge in [0.2, 0.25) is 5.91 Å². The maximum atomic E-state index is 13.5. The number of imidazole rings is 1. The van der Waals surface area contributed by atoms with Crippen LogP contribution in [-0.2, 0) is 24.3 Å². The van der Waals surface area contributed by atoms with E-state index in [0.29, 0.717) is 26.1 Å². The molecule has 0 aliphatic heterocycles. The van der Waals surface area contributed by atoms with Gasteiger partial charge in [-0.05, 0) is 24.0 Å². The minimum Gasteiger partial charge on any atom is -0.338 e. The van der Waals surface area contributed by atoms with Crippen molar-refractivity contribution in [2.45, 2.75) is 37.5 Å². The Morgan fingerprint density at radius 1 is 0.786 bits per heavy atom. The number of hydrogen-bond donors (Lipinski definition) is 0. The molecule has 0 unspecified atom stereocenters. The van der Waals surface area contributed by atoms with Crippen LogP contribution in [0.15, 0.2) is 139 Å². The third-order valence-corrected chi connectivity index (χ3v) is 8.25. The molecular formula is C37H37N3OS. The van der Waals surface area contributed by atoms with E-state index in [1.165, 1.54) is 5.56 Å². The van der Waals surface area contributed by atoms with Gasteiger partial charge in [0, 0.05) is 42.9 Å². The van der Waals surface area contributed by atoms with Crippen LogP contribution in [0.2, 0.25) is 0 Å². The van der Waals surface area contributed by atoms with Gasteiger partial charge in [-0.1, -0.05) is 139 Å². The summed E-state index contributed by atoms with van der Waals surface area (Å²) >= 11 is 1.71. The van der Waals surface area contributed by atoms with Crippen molar-refractivity contribution < 1.29 is 4.79 Å². The maximum absolute atomic E-state index is 13.5. The molecule has 0 fully saturated rings. The summed E-state index contributed by atoms with van der Waals surface area (Å²) in [5, 5.41) is 0.949. The molecule has 212 valence electrons. The summed E-state index contributed by atoms with van der Waals surface area (Å²) in [7, 11) is 0. The van der Waals surface area contributed by atoms with E-state index >= 15 is 0 Å². The van der Waals surface area contributed by atoms with Crippen LogP contribution in [0.25, 0.3) is 22.5 Å². The Hall–Kier alpha value is -4.35. The summed E-state index contributed by atoms with van der Waals surface area (Å²) < 4.78 is 2.25. The van der Waals surface area contributed by atoms with E-state index in [1.807, 2.05) is 59.5 Å². The van der Waals surface area contributed by atoms with Gasteiger partial charge in [0.25, 0.3) is 0 Å². The average molecular weight is 572 g/mol. The Bertz CT molecular complexity index is 1550. The minimum atomic E-state index is 0.194. The predicted molar refractivity (Wildman–Crippen MR) is 175 cm³/mol. The van der Waals surface area contributed by atoms with Crippen LogP contribution >= 0.6 is 11.8 Å². The second-order valence-corrected chi connectivity index (χ2v) is 11.3. The molecule has 0 aliphatic rings. The van der Waals surface area contributed by atoms with Crippen molar-refractivity contribution in [1.82, 2.24) is 14.5 Å². The number of rotatable bonds is 14. The first kappa shape index (κ1) is 29.2. The van der Waals surface area contributed by atoms with E-state index in [-0.39, 0.29) is 5.91 Å². The highest BCUT2D eigenvalue weighted by atomic mass is 32.2. The van der Waals surface area contributed by atoms with Gasteiger partial charge in [-0.25, -0.2) is 4.98 Å². The summed E-state index contributed by atoms with van der Waals surface area (Å²) in [6.45, 7) is 6.01. The summed E-state index contributed by atoms with van der Waals surface area (Å²) in [5.41, 5.74) is 6.68. The zero-order valence-electron chi connectivity index (χ0n) is 23.9. The smallest absolute Gasteiger partial charge is 0.222 e. The van der Waals surface area contributed by atoms with Crippen molar-refractivity contribution in [3.63, 3.8) is 0 Å². The van der Waals surface area contributed by atoms with Gasteiger partial charge >= 0.3 is 0 Å². The number of nitrogens with zero attached hydrogens (tertiary/aromatic N) is 3. The number of thioether (sulfide) groups is 1. The van der Waals surface area contributed by atoms with Crippen LogP contribution < -0.4 is 0 Å². The fourth-order valence-electron chi connectivity index (χ4n) is 5.08. The highest BCUT2D eigenvalue weighted by Gasteiger charge is 2.20. The van der Waals surface area contributed by atoms with E-state index in [2.05, 4.69) is 83.9 Å². The molecule has 5 aromatic rings. The first-order chi connectivity index (χ1) is 20.7. The molecule has 4 aromatic carbocycles. The number of hydrogen-bond acceptors (Lipinski definition) is 3. The molecule has 42 heavy (non-hydrogen) atoms. The van der Waals surface area contributed by atoms with E-state index in [4.69, 9.17) is 4.98 Å². The van der Waals surface area contributed by atoms with E-state index in [0.717, 1.165) is 51.8 Å². The van der Waals surface area contributed by atoms with Gasteiger partial charge in [0.1, 0.15) is 0 Å². The Morgan fingerprint density at radius 2 is 1.36 bits per heavy atom. The first-order valence-electron chi connectivity index (χ1n) is 14.5. The Kier molecular flexibility index (Phi) is 10.4. The fraction of sp³-hybridized carbons (Fsp3) is 0.189. The van der Waals surface area contributed by atoms with Crippen LogP contribution in [0.3, 0.4) is 0 Å². The number of carbonyl (C=O) groups excluding carboxylic acids is 1. The lowest BCUT2D eigenvalue weighted by Gasteiger charge is -2.23. The zero-order valence-corrected chi connectivity index (χ0v) is 24.8. The number of carbonyl (C=O) groups is 1. The zero-order chi connectivity index (χ0) is 29.0.